The molecule has 20 heavy (non-hydrogen) atoms. The van der Waals surface area contributed by atoms with Crippen molar-refractivity contribution in [2.24, 2.45) is 0 Å². The van der Waals surface area contributed by atoms with Crippen LogP contribution in [0, 0.1) is 0 Å². The number of likely N-dealkylation sites (tertiary alicyclic amines) is 1. The number of hydrogen-bond donors (Lipinski definition) is 0. The Hall–Kier alpha value is -0.460. The zero-order valence-corrected chi connectivity index (χ0v) is 14.3. The number of aromatic nitrogens is 1. The summed E-state index contributed by atoms with van der Waals surface area (Å²) in [5.74, 6) is 0.427. The summed E-state index contributed by atoms with van der Waals surface area (Å²) in [7, 11) is 6.93. The van der Waals surface area contributed by atoms with Gasteiger partial charge in [0.15, 0.2) is 0 Å². The van der Waals surface area contributed by atoms with Crippen LogP contribution in [0.1, 0.15) is 44.5 Å². The fourth-order valence-electron chi connectivity index (χ4n) is 2.13. The zero-order valence-electron chi connectivity index (χ0n) is 11.9. The molecule has 0 aliphatic carbocycles. The Balaban J connectivity index is 1.87. The topological polar surface area (TPSA) is 42.4 Å². The molecule has 0 N–H and O–H groups in total. The van der Waals surface area contributed by atoms with E-state index in [1.807, 2.05) is 27.0 Å². The molecule has 1 saturated heterocycles. The molecule has 0 aromatic carbocycles. The van der Waals surface area contributed by atoms with Gasteiger partial charge in [-0.2, -0.15) is 0 Å². The van der Waals surface area contributed by atoms with Crippen molar-refractivity contribution < 1.29 is 9.53 Å². The van der Waals surface area contributed by atoms with Gasteiger partial charge in [-0.05, 0) is 55.3 Å². The average molecular weight is 335 g/mol. The summed E-state index contributed by atoms with van der Waals surface area (Å²) < 4.78 is 6.42. The Morgan fingerprint density at radius 1 is 1.50 bits per heavy atom. The third-order valence-corrected chi connectivity index (χ3v) is 5.56. The van der Waals surface area contributed by atoms with Crippen LogP contribution in [-0.4, -0.2) is 34.7 Å². The number of carbonyl (C=O) groups excluding carboxylic acids is 1. The van der Waals surface area contributed by atoms with Gasteiger partial charge in [-0.3, -0.25) is 0 Å². The van der Waals surface area contributed by atoms with Crippen LogP contribution in [-0.2, 0) is 4.74 Å². The maximum absolute atomic E-state index is 12.0. The average Bonchev–Trinajstić information content (AvgIpc) is 2.85. The van der Waals surface area contributed by atoms with E-state index in [9.17, 15) is 4.79 Å². The molecule has 112 valence electrons. The number of ether oxygens (including phenoxy) is 1. The number of nitrogens with zero attached hydrogens (tertiary/aromatic N) is 2. The largest absolute Gasteiger partial charge is 0.444 e. The standard InChI is InChI=1S/C13H19ClN2O2S2/c1-13(2,3)18-12(17)16-6-4-9(5-7-16)11-15-8-10(19-11)20-14/h8-9H,4-7H2,1-3H3. The van der Waals surface area contributed by atoms with Gasteiger partial charge in [-0.15, -0.1) is 11.3 Å². The molecule has 4 nitrogen and oxygen atoms in total. The van der Waals surface area contributed by atoms with E-state index >= 15 is 0 Å². The molecule has 0 atom stereocenters. The first-order valence-electron chi connectivity index (χ1n) is 6.61. The van der Waals surface area contributed by atoms with Crippen LogP contribution in [0.2, 0.25) is 0 Å². The zero-order chi connectivity index (χ0) is 14.8. The second kappa shape index (κ2) is 6.54. The van der Waals surface area contributed by atoms with Crippen molar-refractivity contribution in [3.05, 3.63) is 11.2 Å². The predicted octanol–water partition coefficient (Wildman–Crippen LogP) is 4.50. The van der Waals surface area contributed by atoms with Crippen LogP contribution >= 0.6 is 33.0 Å². The third-order valence-electron chi connectivity index (χ3n) is 3.07. The van der Waals surface area contributed by atoms with E-state index in [0.29, 0.717) is 5.92 Å². The van der Waals surface area contributed by atoms with E-state index in [2.05, 4.69) is 4.98 Å². The Kier molecular flexibility index (Phi) is 5.20. The van der Waals surface area contributed by atoms with Gasteiger partial charge >= 0.3 is 6.09 Å². The Labute approximate surface area is 132 Å². The molecule has 0 saturated carbocycles. The SMILES string of the molecule is CC(C)(C)OC(=O)N1CCC(c2ncc(SCl)s2)CC1. The monoisotopic (exact) mass is 334 g/mol. The molecule has 0 unspecified atom stereocenters. The molecular formula is C13H19ClN2O2S2. The summed E-state index contributed by atoms with van der Waals surface area (Å²) in [4.78, 5) is 18.2. The fraction of sp³-hybridized carbons (Fsp3) is 0.692. The summed E-state index contributed by atoms with van der Waals surface area (Å²) in [6.07, 6.45) is 3.46. The van der Waals surface area contributed by atoms with E-state index in [4.69, 9.17) is 15.4 Å². The van der Waals surface area contributed by atoms with E-state index in [-0.39, 0.29) is 6.09 Å². The number of halogens is 1. The van der Waals surface area contributed by atoms with Crippen molar-refractivity contribution in [2.75, 3.05) is 13.1 Å². The van der Waals surface area contributed by atoms with Crippen LogP contribution in [0.25, 0.3) is 0 Å². The van der Waals surface area contributed by atoms with Gasteiger partial charge in [0.1, 0.15) is 5.60 Å². The molecule has 0 bridgehead atoms. The van der Waals surface area contributed by atoms with Gasteiger partial charge in [-0.25, -0.2) is 9.78 Å². The second-order valence-electron chi connectivity index (χ2n) is 5.84. The number of thiazole rings is 1. The van der Waals surface area contributed by atoms with Gasteiger partial charge in [-0.1, -0.05) is 0 Å². The minimum Gasteiger partial charge on any atom is -0.444 e. The highest BCUT2D eigenvalue weighted by Gasteiger charge is 2.28. The minimum atomic E-state index is -0.435. The van der Waals surface area contributed by atoms with Crippen LogP contribution in [0.15, 0.2) is 10.4 Å². The molecule has 0 radical (unpaired) electrons. The van der Waals surface area contributed by atoms with E-state index in [1.165, 1.54) is 11.0 Å². The van der Waals surface area contributed by atoms with Gasteiger partial charge in [0, 0.05) is 19.0 Å². The first-order valence-corrected chi connectivity index (χ1v) is 9.07. The summed E-state index contributed by atoms with van der Waals surface area (Å²) >= 11 is 1.64. The van der Waals surface area contributed by atoms with Crippen molar-refractivity contribution in [1.29, 1.82) is 0 Å². The Morgan fingerprint density at radius 2 is 2.15 bits per heavy atom. The van der Waals surface area contributed by atoms with Crippen LogP contribution in [0.4, 0.5) is 4.79 Å². The van der Waals surface area contributed by atoms with E-state index in [0.717, 1.165) is 35.1 Å². The first kappa shape index (κ1) is 15.9. The molecule has 1 aromatic rings. The molecule has 1 amide bonds. The highest BCUT2D eigenvalue weighted by atomic mass is 35.7. The number of rotatable bonds is 2. The highest BCUT2D eigenvalue weighted by Crippen LogP contribution is 2.35. The Bertz CT molecular complexity index is 465. The molecule has 1 fully saturated rings. The summed E-state index contributed by atoms with van der Waals surface area (Å²) in [5.41, 5.74) is -0.435. The molecule has 2 rings (SSSR count). The lowest BCUT2D eigenvalue weighted by atomic mass is 9.98. The lowest BCUT2D eigenvalue weighted by Crippen LogP contribution is -2.41. The van der Waals surface area contributed by atoms with Crippen molar-refractivity contribution >= 4 is 39.1 Å². The number of carbonyl (C=O) groups is 1. The first-order chi connectivity index (χ1) is 9.39. The van der Waals surface area contributed by atoms with Crippen LogP contribution in [0.5, 0.6) is 0 Å². The number of amides is 1. The maximum atomic E-state index is 12.0. The summed E-state index contributed by atoms with van der Waals surface area (Å²) in [6, 6.07) is 0. The molecule has 1 aromatic heterocycles. The molecule has 7 heteroatoms. The third kappa shape index (κ3) is 4.27. The van der Waals surface area contributed by atoms with Gasteiger partial charge in [0.05, 0.1) is 15.4 Å². The summed E-state index contributed by atoms with van der Waals surface area (Å²) in [5, 5.41) is 1.12. The molecule has 0 spiro atoms. The maximum Gasteiger partial charge on any atom is 0.410 e. The van der Waals surface area contributed by atoms with Gasteiger partial charge in [0.2, 0.25) is 0 Å². The van der Waals surface area contributed by atoms with Crippen LogP contribution in [0.3, 0.4) is 0 Å². The van der Waals surface area contributed by atoms with Crippen LogP contribution < -0.4 is 0 Å². The molecule has 2 heterocycles. The fourth-order valence-corrected chi connectivity index (χ4v) is 3.83. The predicted molar refractivity (Wildman–Crippen MR) is 83.6 cm³/mol. The normalized spacial score (nSPS) is 17.3. The molecule has 1 aliphatic rings. The van der Waals surface area contributed by atoms with Crippen molar-refractivity contribution in [2.45, 2.75) is 49.3 Å². The lowest BCUT2D eigenvalue weighted by molar-refractivity contribution is 0.0205. The Morgan fingerprint density at radius 3 is 2.65 bits per heavy atom. The molecule has 1 aliphatic heterocycles. The summed E-state index contributed by atoms with van der Waals surface area (Å²) in [6.45, 7) is 7.11. The molecular weight excluding hydrogens is 316 g/mol. The minimum absolute atomic E-state index is 0.216. The van der Waals surface area contributed by atoms with Gasteiger partial charge < -0.3 is 9.64 Å². The second-order valence-corrected chi connectivity index (χ2v) is 8.21. The quantitative estimate of drug-likeness (QED) is 0.798. The van der Waals surface area contributed by atoms with E-state index in [1.54, 1.807) is 16.2 Å². The van der Waals surface area contributed by atoms with Crippen molar-refractivity contribution in [1.82, 2.24) is 9.88 Å². The van der Waals surface area contributed by atoms with Gasteiger partial charge in [0.25, 0.3) is 0 Å². The number of hydrogen-bond acceptors (Lipinski definition) is 5. The lowest BCUT2D eigenvalue weighted by Gasteiger charge is -2.32. The van der Waals surface area contributed by atoms with Crippen molar-refractivity contribution in [3.8, 4) is 0 Å². The number of piperidine rings is 1. The van der Waals surface area contributed by atoms with Crippen molar-refractivity contribution in [3.63, 3.8) is 0 Å². The highest BCUT2D eigenvalue weighted by molar-refractivity contribution is 8.22. The van der Waals surface area contributed by atoms with E-state index < -0.39 is 5.60 Å². The smallest absolute Gasteiger partial charge is 0.410 e.